The molecule has 1 amide bonds. The number of hydrazone groups is 1. The van der Waals surface area contributed by atoms with E-state index in [1.54, 1.807) is 0 Å². The average molecular weight is 340 g/mol. The number of hydrogen-bond donors (Lipinski definition) is 1. The number of alkyl halides is 2. The van der Waals surface area contributed by atoms with Gasteiger partial charge in [-0.2, -0.15) is 13.9 Å². The predicted octanol–water partition coefficient (Wildman–Crippen LogP) is 3.05. The van der Waals surface area contributed by atoms with E-state index >= 15 is 0 Å². The molecular weight excluding hydrogens is 326 g/mol. The first kappa shape index (κ1) is 16.9. The van der Waals surface area contributed by atoms with Gasteiger partial charge in [0.15, 0.2) is 11.5 Å². The third-order valence-corrected chi connectivity index (χ3v) is 3.60. The predicted molar refractivity (Wildman–Crippen MR) is 83.4 cm³/mol. The SMILES string of the molecule is COc1cc(/C=N\NC(=O)Cc2cccs2)ccc1OC(F)F. The first-order valence-electron chi connectivity index (χ1n) is 6.55. The number of rotatable bonds is 7. The average Bonchev–Trinajstić information content (AvgIpc) is 3.01. The van der Waals surface area contributed by atoms with Gasteiger partial charge in [-0.25, -0.2) is 5.43 Å². The van der Waals surface area contributed by atoms with Gasteiger partial charge in [-0.15, -0.1) is 11.3 Å². The summed E-state index contributed by atoms with van der Waals surface area (Å²) in [6.07, 6.45) is 1.64. The van der Waals surface area contributed by atoms with Crippen molar-refractivity contribution in [3.8, 4) is 11.5 Å². The van der Waals surface area contributed by atoms with Gasteiger partial charge in [0.05, 0.1) is 19.7 Å². The van der Waals surface area contributed by atoms with E-state index in [1.165, 1.54) is 42.9 Å². The van der Waals surface area contributed by atoms with Gasteiger partial charge in [0.25, 0.3) is 0 Å². The van der Waals surface area contributed by atoms with E-state index in [9.17, 15) is 13.6 Å². The Morgan fingerprint density at radius 2 is 2.22 bits per heavy atom. The number of carbonyl (C=O) groups excluding carboxylic acids is 1. The minimum absolute atomic E-state index is 0.0682. The summed E-state index contributed by atoms with van der Waals surface area (Å²) in [6, 6.07) is 8.08. The molecule has 1 heterocycles. The number of thiophene rings is 1. The second-order valence-electron chi connectivity index (χ2n) is 4.34. The van der Waals surface area contributed by atoms with Crippen molar-refractivity contribution in [2.24, 2.45) is 5.10 Å². The summed E-state index contributed by atoms with van der Waals surface area (Å²) in [7, 11) is 1.34. The molecule has 0 aliphatic rings. The molecule has 0 fully saturated rings. The minimum Gasteiger partial charge on any atom is -0.493 e. The highest BCUT2D eigenvalue weighted by Gasteiger charge is 2.10. The van der Waals surface area contributed by atoms with Crippen LogP contribution in [0.15, 0.2) is 40.8 Å². The fraction of sp³-hybridized carbons (Fsp3) is 0.200. The standard InChI is InChI=1S/C15H14F2N2O3S/c1-21-13-7-10(4-5-12(13)22-15(16)17)9-18-19-14(20)8-11-3-2-6-23-11/h2-7,9,15H,8H2,1H3,(H,19,20)/b18-9-. The number of hydrogen-bond acceptors (Lipinski definition) is 5. The molecule has 0 bridgehead atoms. The minimum atomic E-state index is -2.93. The summed E-state index contributed by atoms with van der Waals surface area (Å²) in [6.45, 7) is -2.93. The topological polar surface area (TPSA) is 59.9 Å². The van der Waals surface area contributed by atoms with Crippen molar-refractivity contribution in [1.82, 2.24) is 5.43 Å². The normalized spacial score (nSPS) is 11.0. The molecule has 0 spiro atoms. The Hall–Kier alpha value is -2.48. The van der Waals surface area contributed by atoms with Gasteiger partial charge in [-0.1, -0.05) is 6.07 Å². The first-order valence-corrected chi connectivity index (χ1v) is 7.43. The maximum Gasteiger partial charge on any atom is 0.387 e. The Kier molecular flexibility index (Phi) is 6.04. The van der Waals surface area contributed by atoms with Crippen LogP contribution in [0.5, 0.6) is 11.5 Å². The zero-order valence-corrected chi connectivity index (χ0v) is 13.0. The molecule has 0 radical (unpaired) electrons. The number of benzene rings is 1. The lowest BCUT2D eigenvalue weighted by molar-refractivity contribution is -0.120. The molecule has 0 aliphatic heterocycles. The lowest BCUT2D eigenvalue weighted by atomic mass is 10.2. The zero-order valence-electron chi connectivity index (χ0n) is 12.2. The maximum absolute atomic E-state index is 12.2. The van der Waals surface area contributed by atoms with E-state index in [0.29, 0.717) is 5.56 Å². The number of halogens is 2. The lowest BCUT2D eigenvalue weighted by Gasteiger charge is -2.09. The molecule has 122 valence electrons. The highest BCUT2D eigenvalue weighted by Crippen LogP contribution is 2.28. The highest BCUT2D eigenvalue weighted by molar-refractivity contribution is 7.10. The van der Waals surface area contributed by atoms with E-state index < -0.39 is 6.61 Å². The molecule has 0 atom stereocenters. The summed E-state index contributed by atoms with van der Waals surface area (Å²) < 4.78 is 33.8. The van der Waals surface area contributed by atoms with E-state index in [-0.39, 0.29) is 23.8 Å². The van der Waals surface area contributed by atoms with Gasteiger partial charge < -0.3 is 9.47 Å². The van der Waals surface area contributed by atoms with Crippen molar-refractivity contribution in [3.05, 3.63) is 46.2 Å². The molecule has 1 aromatic heterocycles. The van der Waals surface area contributed by atoms with E-state index in [0.717, 1.165) is 4.88 Å². The fourth-order valence-corrected chi connectivity index (χ4v) is 2.45. The van der Waals surface area contributed by atoms with Crippen LogP contribution in [0.4, 0.5) is 8.78 Å². The molecular formula is C15H14F2N2O3S. The Bertz CT molecular complexity index is 675. The van der Waals surface area contributed by atoms with Crippen LogP contribution in [-0.2, 0) is 11.2 Å². The Labute approximate surface area is 135 Å². The monoisotopic (exact) mass is 340 g/mol. The summed E-state index contributed by atoms with van der Waals surface area (Å²) in [4.78, 5) is 12.6. The Morgan fingerprint density at radius 1 is 1.39 bits per heavy atom. The maximum atomic E-state index is 12.2. The van der Waals surface area contributed by atoms with Crippen molar-refractivity contribution < 1.29 is 23.0 Å². The first-order chi connectivity index (χ1) is 11.1. The Balaban J connectivity index is 1.95. The van der Waals surface area contributed by atoms with Crippen LogP contribution >= 0.6 is 11.3 Å². The van der Waals surface area contributed by atoms with Crippen molar-refractivity contribution in [2.45, 2.75) is 13.0 Å². The van der Waals surface area contributed by atoms with E-state index in [4.69, 9.17) is 4.74 Å². The van der Waals surface area contributed by atoms with Crippen molar-refractivity contribution in [1.29, 1.82) is 0 Å². The van der Waals surface area contributed by atoms with E-state index in [1.807, 2.05) is 17.5 Å². The van der Waals surface area contributed by atoms with Gasteiger partial charge >= 0.3 is 6.61 Å². The summed E-state index contributed by atoms with van der Waals surface area (Å²) in [5, 5.41) is 5.71. The number of nitrogens with zero attached hydrogens (tertiary/aromatic N) is 1. The largest absolute Gasteiger partial charge is 0.493 e. The van der Waals surface area contributed by atoms with Crippen LogP contribution in [0.3, 0.4) is 0 Å². The van der Waals surface area contributed by atoms with Crippen LogP contribution < -0.4 is 14.9 Å². The molecule has 0 unspecified atom stereocenters. The van der Waals surface area contributed by atoms with Crippen molar-refractivity contribution >= 4 is 23.5 Å². The molecule has 2 aromatic rings. The Morgan fingerprint density at radius 3 is 2.87 bits per heavy atom. The zero-order chi connectivity index (χ0) is 16.7. The molecule has 8 heteroatoms. The molecule has 2 rings (SSSR count). The summed E-state index contributed by atoms with van der Waals surface area (Å²) in [5.74, 6) is -0.158. The third-order valence-electron chi connectivity index (χ3n) is 2.72. The molecule has 23 heavy (non-hydrogen) atoms. The van der Waals surface area contributed by atoms with Crippen LogP contribution in [0, 0.1) is 0 Å². The number of amides is 1. The van der Waals surface area contributed by atoms with Gasteiger partial charge in [0.2, 0.25) is 5.91 Å². The van der Waals surface area contributed by atoms with Gasteiger partial charge in [-0.3, -0.25) is 4.79 Å². The number of carbonyl (C=O) groups is 1. The lowest BCUT2D eigenvalue weighted by Crippen LogP contribution is -2.19. The van der Waals surface area contributed by atoms with Gasteiger partial charge in [-0.05, 0) is 35.2 Å². The second kappa shape index (κ2) is 8.23. The molecule has 0 aliphatic carbocycles. The smallest absolute Gasteiger partial charge is 0.387 e. The highest BCUT2D eigenvalue weighted by atomic mass is 32.1. The molecule has 5 nitrogen and oxygen atoms in total. The van der Waals surface area contributed by atoms with Crippen molar-refractivity contribution in [2.75, 3.05) is 7.11 Å². The molecule has 1 N–H and O–H groups in total. The number of nitrogens with one attached hydrogen (secondary N) is 1. The molecule has 1 aromatic carbocycles. The van der Waals surface area contributed by atoms with E-state index in [2.05, 4.69) is 15.3 Å². The summed E-state index contributed by atoms with van der Waals surface area (Å²) >= 11 is 1.49. The molecule has 0 saturated carbocycles. The van der Waals surface area contributed by atoms with Gasteiger partial charge in [0.1, 0.15) is 0 Å². The fourth-order valence-electron chi connectivity index (χ4n) is 1.75. The quantitative estimate of drug-likeness (QED) is 0.622. The summed E-state index contributed by atoms with van der Waals surface area (Å²) in [5.41, 5.74) is 2.97. The van der Waals surface area contributed by atoms with Crippen LogP contribution in [0.1, 0.15) is 10.4 Å². The van der Waals surface area contributed by atoms with Gasteiger partial charge in [0, 0.05) is 4.88 Å². The molecule has 0 saturated heterocycles. The van der Waals surface area contributed by atoms with Crippen LogP contribution in [-0.4, -0.2) is 25.8 Å². The second-order valence-corrected chi connectivity index (χ2v) is 5.37. The van der Waals surface area contributed by atoms with Crippen LogP contribution in [0.2, 0.25) is 0 Å². The number of methoxy groups -OCH3 is 1. The number of ether oxygens (including phenoxy) is 2. The third kappa shape index (κ3) is 5.33. The van der Waals surface area contributed by atoms with Crippen molar-refractivity contribution in [3.63, 3.8) is 0 Å². The van der Waals surface area contributed by atoms with Crippen LogP contribution in [0.25, 0.3) is 0 Å².